The van der Waals surface area contributed by atoms with Crippen LogP contribution >= 0.6 is 46.0 Å². The summed E-state index contributed by atoms with van der Waals surface area (Å²) in [5.74, 6) is -0.536. The molecule has 0 radical (unpaired) electrons. The molecule has 3 aromatic rings. The molecular formula is C14H12ClN3O3S3. The van der Waals surface area contributed by atoms with Crippen molar-refractivity contribution >= 4 is 62.2 Å². The Morgan fingerprint density at radius 1 is 1.29 bits per heavy atom. The summed E-state index contributed by atoms with van der Waals surface area (Å²) < 4.78 is 6.67. The van der Waals surface area contributed by atoms with E-state index in [0.29, 0.717) is 19.7 Å². The van der Waals surface area contributed by atoms with Crippen molar-refractivity contribution in [3.05, 3.63) is 30.8 Å². The quantitative estimate of drug-likeness (QED) is 0.492. The van der Waals surface area contributed by atoms with Crippen molar-refractivity contribution < 1.29 is 9.53 Å². The Kier molecular flexibility index (Phi) is 4.69. The van der Waals surface area contributed by atoms with Crippen molar-refractivity contribution in [1.82, 2.24) is 14.5 Å². The van der Waals surface area contributed by atoms with E-state index in [2.05, 4.69) is 14.7 Å². The SMILES string of the molecule is COC(=O)c1sc(Sc2nc3sc(C)c(C)c3c(=O)n2C)nc1Cl. The highest BCUT2D eigenvalue weighted by molar-refractivity contribution is 8.00. The van der Waals surface area contributed by atoms with Crippen LogP contribution in [0.25, 0.3) is 10.2 Å². The number of esters is 1. The van der Waals surface area contributed by atoms with Crippen molar-refractivity contribution in [2.45, 2.75) is 23.3 Å². The summed E-state index contributed by atoms with van der Waals surface area (Å²) in [6.45, 7) is 3.89. The molecule has 126 valence electrons. The number of thiazole rings is 1. The molecule has 0 aliphatic heterocycles. The smallest absolute Gasteiger partial charge is 0.351 e. The molecule has 0 spiro atoms. The molecule has 0 fully saturated rings. The number of aromatic nitrogens is 3. The molecule has 0 bridgehead atoms. The number of aryl methyl sites for hydroxylation is 2. The van der Waals surface area contributed by atoms with Gasteiger partial charge in [0, 0.05) is 11.9 Å². The fraction of sp³-hybridized carbons (Fsp3) is 0.286. The molecule has 6 nitrogen and oxygen atoms in total. The molecule has 0 atom stereocenters. The van der Waals surface area contributed by atoms with Crippen molar-refractivity contribution in [2.24, 2.45) is 7.05 Å². The second-order valence-corrected chi connectivity index (χ2v) is 8.69. The summed E-state index contributed by atoms with van der Waals surface area (Å²) in [6.07, 6.45) is 0. The zero-order chi connectivity index (χ0) is 17.6. The van der Waals surface area contributed by atoms with Crippen LogP contribution in [0, 0.1) is 13.8 Å². The predicted octanol–water partition coefficient (Wildman–Crippen LogP) is 3.66. The normalized spacial score (nSPS) is 11.2. The molecule has 3 aromatic heterocycles. The number of nitrogens with zero attached hydrogens (tertiary/aromatic N) is 3. The summed E-state index contributed by atoms with van der Waals surface area (Å²) in [7, 11) is 2.95. The molecule has 3 heterocycles. The maximum atomic E-state index is 12.6. The predicted molar refractivity (Wildman–Crippen MR) is 96.9 cm³/mol. The number of rotatable bonds is 3. The number of hydrogen-bond donors (Lipinski definition) is 0. The highest BCUT2D eigenvalue weighted by atomic mass is 35.5. The molecule has 0 aliphatic carbocycles. The zero-order valence-corrected chi connectivity index (χ0v) is 16.4. The van der Waals surface area contributed by atoms with E-state index in [-0.39, 0.29) is 15.6 Å². The minimum Gasteiger partial charge on any atom is -0.465 e. The Hall–Kier alpha value is -1.42. The van der Waals surface area contributed by atoms with Gasteiger partial charge in [0.2, 0.25) is 0 Å². The third-order valence-corrected chi connectivity index (χ3v) is 7.12. The molecule has 24 heavy (non-hydrogen) atoms. The number of methoxy groups -OCH3 is 1. The van der Waals surface area contributed by atoms with Crippen molar-refractivity contribution in [2.75, 3.05) is 7.11 Å². The number of thiophene rings is 1. The highest BCUT2D eigenvalue weighted by Gasteiger charge is 2.20. The molecule has 0 N–H and O–H groups in total. The van der Waals surface area contributed by atoms with Gasteiger partial charge < -0.3 is 4.74 Å². The number of fused-ring (bicyclic) bond motifs is 1. The van der Waals surface area contributed by atoms with E-state index in [0.717, 1.165) is 21.8 Å². The van der Waals surface area contributed by atoms with Crippen LogP contribution in [0.1, 0.15) is 20.1 Å². The molecule has 0 saturated carbocycles. The summed E-state index contributed by atoms with van der Waals surface area (Å²) in [6, 6.07) is 0. The Bertz CT molecular complexity index is 1020. The summed E-state index contributed by atoms with van der Waals surface area (Å²) in [4.78, 5) is 34.9. The van der Waals surface area contributed by atoms with E-state index >= 15 is 0 Å². The van der Waals surface area contributed by atoms with Gasteiger partial charge in [-0.05, 0) is 31.2 Å². The lowest BCUT2D eigenvalue weighted by Gasteiger charge is -2.05. The van der Waals surface area contributed by atoms with Gasteiger partial charge in [-0.2, -0.15) is 0 Å². The van der Waals surface area contributed by atoms with E-state index in [9.17, 15) is 9.59 Å². The van der Waals surface area contributed by atoms with Gasteiger partial charge in [-0.15, -0.1) is 11.3 Å². The number of ether oxygens (including phenoxy) is 1. The number of halogens is 1. The van der Waals surface area contributed by atoms with Crippen molar-refractivity contribution in [1.29, 1.82) is 0 Å². The van der Waals surface area contributed by atoms with Crippen molar-refractivity contribution in [3.8, 4) is 0 Å². The number of carbonyl (C=O) groups is 1. The summed E-state index contributed by atoms with van der Waals surface area (Å²) in [5.41, 5.74) is 0.866. The Morgan fingerprint density at radius 3 is 2.67 bits per heavy atom. The summed E-state index contributed by atoms with van der Waals surface area (Å²) in [5, 5.41) is 1.23. The fourth-order valence-electron chi connectivity index (χ4n) is 2.07. The van der Waals surface area contributed by atoms with E-state index in [1.807, 2.05) is 13.8 Å². The van der Waals surface area contributed by atoms with Gasteiger partial charge in [-0.3, -0.25) is 9.36 Å². The molecule has 0 saturated heterocycles. The van der Waals surface area contributed by atoms with Crippen LogP contribution in [0.15, 0.2) is 14.3 Å². The molecule has 0 aromatic carbocycles. The number of carbonyl (C=O) groups excluding carboxylic acids is 1. The average molecular weight is 402 g/mol. The highest BCUT2D eigenvalue weighted by Crippen LogP contribution is 2.35. The largest absolute Gasteiger partial charge is 0.465 e. The van der Waals surface area contributed by atoms with Gasteiger partial charge >= 0.3 is 5.97 Å². The van der Waals surface area contributed by atoms with Gasteiger partial charge in [0.25, 0.3) is 5.56 Å². The Labute approximate surface area is 154 Å². The molecular weight excluding hydrogens is 390 g/mol. The van der Waals surface area contributed by atoms with E-state index < -0.39 is 5.97 Å². The van der Waals surface area contributed by atoms with Crippen LogP contribution in [-0.2, 0) is 11.8 Å². The lowest BCUT2D eigenvalue weighted by atomic mass is 10.2. The molecule has 10 heteroatoms. The Balaban J connectivity index is 2.07. The molecule has 0 unspecified atom stereocenters. The van der Waals surface area contributed by atoms with Gasteiger partial charge in [0.05, 0.1) is 12.5 Å². The van der Waals surface area contributed by atoms with Crippen molar-refractivity contribution in [3.63, 3.8) is 0 Å². The summed E-state index contributed by atoms with van der Waals surface area (Å²) >= 11 is 9.77. The second kappa shape index (κ2) is 6.47. The minimum atomic E-state index is -0.536. The van der Waals surface area contributed by atoms with E-state index in [4.69, 9.17) is 11.6 Å². The maximum Gasteiger partial charge on any atom is 0.351 e. The first-order valence-electron chi connectivity index (χ1n) is 6.72. The van der Waals surface area contributed by atoms with Crippen LogP contribution in [0.4, 0.5) is 0 Å². The fourth-order valence-corrected chi connectivity index (χ4v) is 5.42. The monoisotopic (exact) mass is 401 g/mol. The first-order chi connectivity index (χ1) is 11.3. The van der Waals surface area contributed by atoms with Crippen LogP contribution in [-0.4, -0.2) is 27.6 Å². The van der Waals surface area contributed by atoms with Crippen LogP contribution < -0.4 is 5.56 Å². The average Bonchev–Trinajstić information content (AvgIpc) is 3.04. The second-order valence-electron chi connectivity index (χ2n) is 4.92. The lowest BCUT2D eigenvalue weighted by molar-refractivity contribution is 0.0606. The number of hydrogen-bond acceptors (Lipinski definition) is 8. The molecule has 3 rings (SSSR count). The van der Waals surface area contributed by atoms with E-state index in [1.165, 1.54) is 34.8 Å². The standard InChI is InChI=1S/C14H12ClN3O3S3/c1-5-6(2)22-10-7(5)11(19)18(3)13(17-10)24-14-16-9(15)8(23-14)12(20)21-4/h1-4H3. The molecule has 0 aliphatic rings. The van der Waals surface area contributed by atoms with Crippen LogP contribution in [0.3, 0.4) is 0 Å². The molecule has 0 amide bonds. The maximum absolute atomic E-state index is 12.6. The third-order valence-electron chi connectivity index (χ3n) is 3.48. The first-order valence-corrected chi connectivity index (χ1v) is 9.55. The zero-order valence-electron chi connectivity index (χ0n) is 13.2. The first kappa shape index (κ1) is 17.4. The topological polar surface area (TPSA) is 74.1 Å². The van der Waals surface area contributed by atoms with Crippen LogP contribution in [0.2, 0.25) is 5.15 Å². The van der Waals surface area contributed by atoms with E-state index in [1.54, 1.807) is 7.05 Å². The lowest BCUT2D eigenvalue weighted by Crippen LogP contribution is -2.19. The van der Waals surface area contributed by atoms with Gasteiger partial charge in [-0.25, -0.2) is 14.8 Å². The Morgan fingerprint density at radius 2 is 2.00 bits per heavy atom. The van der Waals surface area contributed by atoms with Crippen LogP contribution in [0.5, 0.6) is 0 Å². The van der Waals surface area contributed by atoms with Gasteiger partial charge in [-0.1, -0.05) is 22.9 Å². The third kappa shape index (κ3) is 2.85. The van der Waals surface area contributed by atoms with Gasteiger partial charge in [0.15, 0.2) is 19.5 Å². The van der Waals surface area contributed by atoms with Gasteiger partial charge in [0.1, 0.15) is 4.83 Å². The minimum absolute atomic E-state index is 0.0863.